The van der Waals surface area contributed by atoms with Crippen molar-refractivity contribution in [1.29, 1.82) is 0 Å². The fraction of sp³-hybridized carbons (Fsp3) is 0.500. The first-order valence-corrected chi connectivity index (χ1v) is 3.29. The summed E-state index contributed by atoms with van der Waals surface area (Å²) >= 11 is 0. The molecule has 0 saturated heterocycles. The van der Waals surface area contributed by atoms with Gasteiger partial charge in [0, 0.05) is 17.1 Å². The van der Waals surface area contributed by atoms with Crippen LogP contribution in [0.25, 0.3) is 0 Å². The maximum absolute atomic E-state index is 10.1. The predicted octanol–water partition coefficient (Wildman–Crippen LogP) is -1.46. The summed E-state index contributed by atoms with van der Waals surface area (Å²) in [5, 5.41) is 24.8. The summed E-state index contributed by atoms with van der Waals surface area (Å²) in [6, 6.07) is 0. The molecule has 0 aliphatic rings. The third-order valence-electron chi connectivity index (χ3n) is 1.08. The second-order valence-corrected chi connectivity index (χ2v) is 2.33. The van der Waals surface area contributed by atoms with E-state index in [1.807, 2.05) is 0 Å². The van der Waals surface area contributed by atoms with Crippen molar-refractivity contribution in [3.8, 4) is 0 Å². The van der Waals surface area contributed by atoms with Crippen molar-refractivity contribution < 1.29 is 46.8 Å². The van der Waals surface area contributed by atoms with Crippen LogP contribution in [-0.4, -0.2) is 57.8 Å². The van der Waals surface area contributed by atoms with Crippen molar-refractivity contribution in [3.05, 3.63) is 0 Å². The van der Waals surface area contributed by atoms with E-state index in [1.54, 1.807) is 0 Å². The van der Waals surface area contributed by atoms with Crippen molar-refractivity contribution >= 4 is 17.9 Å². The van der Waals surface area contributed by atoms with Crippen molar-refractivity contribution in [2.45, 2.75) is 0 Å². The van der Waals surface area contributed by atoms with Crippen LogP contribution in [0.15, 0.2) is 0 Å². The zero-order valence-electron chi connectivity index (χ0n) is 6.99. The minimum Gasteiger partial charge on any atom is -0.480 e. The summed E-state index contributed by atoms with van der Waals surface area (Å²) in [6.45, 7) is -1.80. The second-order valence-electron chi connectivity index (χ2n) is 2.33. The Morgan fingerprint density at radius 2 is 1.00 bits per heavy atom. The summed E-state index contributed by atoms with van der Waals surface area (Å²) in [5.74, 6) is -3.78. The van der Waals surface area contributed by atoms with E-state index in [9.17, 15) is 14.4 Å². The number of carboxylic acid groups (broad SMARTS) is 3. The smallest absolute Gasteiger partial charge is 0.317 e. The van der Waals surface area contributed by atoms with Gasteiger partial charge in [0.05, 0.1) is 19.6 Å². The zero-order chi connectivity index (χ0) is 10.4. The molecule has 0 aliphatic carbocycles. The van der Waals surface area contributed by atoms with Gasteiger partial charge in [-0.3, -0.25) is 19.3 Å². The number of carboxylic acids is 3. The summed E-state index contributed by atoms with van der Waals surface area (Å²) < 4.78 is 0. The largest absolute Gasteiger partial charge is 0.480 e. The quantitative estimate of drug-likeness (QED) is 0.491. The molecule has 14 heavy (non-hydrogen) atoms. The van der Waals surface area contributed by atoms with E-state index in [0.29, 0.717) is 0 Å². The number of nitrogens with zero attached hydrogens (tertiary/aromatic N) is 1. The monoisotopic (exact) mass is 247 g/mol. The molecule has 0 fully saturated rings. The number of hydrogen-bond donors (Lipinski definition) is 3. The minimum atomic E-state index is -1.26. The van der Waals surface area contributed by atoms with Crippen LogP contribution in [-0.2, 0) is 31.5 Å². The third-order valence-corrected chi connectivity index (χ3v) is 1.08. The van der Waals surface area contributed by atoms with E-state index in [2.05, 4.69) is 0 Å². The molecule has 0 rings (SSSR count). The van der Waals surface area contributed by atoms with E-state index < -0.39 is 37.5 Å². The molecule has 0 amide bonds. The van der Waals surface area contributed by atoms with Gasteiger partial charge in [0.25, 0.3) is 0 Å². The van der Waals surface area contributed by atoms with Gasteiger partial charge >= 0.3 is 17.9 Å². The van der Waals surface area contributed by atoms with Crippen LogP contribution in [0, 0.1) is 0 Å². The summed E-state index contributed by atoms with van der Waals surface area (Å²) in [7, 11) is 0. The Balaban J connectivity index is 0. The van der Waals surface area contributed by atoms with Crippen LogP contribution in [0.2, 0.25) is 0 Å². The molecule has 0 unspecified atom stereocenters. The average molecular weight is 247 g/mol. The predicted molar refractivity (Wildman–Crippen MR) is 39.3 cm³/mol. The molecule has 0 spiro atoms. The van der Waals surface area contributed by atoms with Gasteiger partial charge in [0.2, 0.25) is 0 Å². The Morgan fingerprint density at radius 3 is 1.14 bits per heavy atom. The van der Waals surface area contributed by atoms with Gasteiger partial charge in [-0.2, -0.15) is 0 Å². The molecule has 8 heteroatoms. The van der Waals surface area contributed by atoms with Crippen LogP contribution >= 0.6 is 0 Å². The first-order chi connectivity index (χ1) is 5.91. The molecule has 0 aromatic rings. The number of hydrogen-bond acceptors (Lipinski definition) is 4. The van der Waals surface area contributed by atoms with Gasteiger partial charge in [-0.1, -0.05) is 0 Å². The summed E-state index contributed by atoms with van der Waals surface area (Å²) in [6.07, 6.45) is 0. The Kier molecular flexibility index (Phi) is 8.02. The Hall–Kier alpha value is -1.11. The molecule has 3 N–H and O–H groups in total. The molecule has 7 nitrogen and oxygen atoms in total. The van der Waals surface area contributed by atoms with Crippen molar-refractivity contribution in [3.63, 3.8) is 0 Å². The van der Waals surface area contributed by atoms with Gasteiger partial charge in [-0.05, 0) is 0 Å². The number of aliphatic carboxylic acids is 3. The minimum absolute atomic E-state index is 0. The molecule has 82 valence electrons. The van der Waals surface area contributed by atoms with Crippen molar-refractivity contribution in [2.75, 3.05) is 19.6 Å². The fourth-order valence-electron chi connectivity index (χ4n) is 0.742. The van der Waals surface area contributed by atoms with E-state index in [1.165, 1.54) is 0 Å². The molecule has 0 heterocycles. The van der Waals surface area contributed by atoms with E-state index >= 15 is 0 Å². The second kappa shape index (κ2) is 7.31. The Bertz CT molecular complexity index is 192. The molecule has 0 radical (unpaired) electrons. The van der Waals surface area contributed by atoms with Crippen LogP contribution < -0.4 is 0 Å². The normalized spacial score (nSPS) is 9.21. The summed E-state index contributed by atoms with van der Waals surface area (Å²) in [4.78, 5) is 31.2. The first-order valence-electron chi connectivity index (χ1n) is 3.29. The standard InChI is InChI=1S/C6H9NO6.Fe/c8-4(9)1-7(2-5(10)11)3-6(12)13;/h1-3H2,(H,8,9)(H,10,11)(H,12,13);. The van der Waals surface area contributed by atoms with E-state index in [0.717, 1.165) is 4.90 Å². The number of carbonyl (C=O) groups is 3. The number of rotatable bonds is 6. The third kappa shape index (κ3) is 8.98. The van der Waals surface area contributed by atoms with Gasteiger partial charge in [0.15, 0.2) is 0 Å². The molecule has 0 aliphatic heterocycles. The molecular weight excluding hydrogens is 238 g/mol. The van der Waals surface area contributed by atoms with Gasteiger partial charge < -0.3 is 15.3 Å². The Labute approximate surface area is 89.8 Å². The van der Waals surface area contributed by atoms with Crippen LogP contribution in [0.1, 0.15) is 0 Å². The molecule has 0 bridgehead atoms. The van der Waals surface area contributed by atoms with Crippen LogP contribution in [0.3, 0.4) is 0 Å². The van der Waals surface area contributed by atoms with Gasteiger partial charge in [0.1, 0.15) is 0 Å². The van der Waals surface area contributed by atoms with Crippen molar-refractivity contribution in [1.82, 2.24) is 4.90 Å². The zero-order valence-corrected chi connectivity index (χ0v) is 8.09. The topological polar surface area (TPSA) is 115 Å². The fourth-order valence-corrected chi connectivity index (χ4v) is 0.742. The SMILES string of the molecule is O=C(O)CN(CC(=O)O)CC(=O)O.[Fe]. The van der Waals surface area contributed by atoms with Crippen molar-refractivity contribution in [2.24, 2.45) is 0 Å². The van der Waals surface area contributed by atoms with Crippen LogP contribution in [0.4, 0.5) is 0 Å². The molecule has 0 aromatic heterocycles. The molecule has 0 saturated carbocycles. The van der Waals surface area contributed by atoms with Crippen LogP contribution in [0.5, 0.6) is 0 Å². The van der Waals surface area contributed by atoms with Gasteiger partial charge in [-0.15, -0.1) is 0 Å². The maximum atomic E-state index is 10.1. The molecule has 0 atom stereocenters. The maximum Gasteiger partial charge on any atom is 0.317 e. The summed E-state index contributed by atoms with van der Waals surface area (Å²) in [5.41, 5.74) is 0. The molecule has 0 aromatic carbocycles. The van der Waals surface area contributed by atoms with E-state index in [4.69, 9.17) is 15.3 Å². The average Bonchev–Trinajstić information content (AvgIpc) is 1.80. The van der Waals surface area contributed by atoms with Gasteiger partial charge in [-0.25, -0.2) is 0 Å². The Morgan fingerprint density at radius 1 is 0.786 bits per heavy atom. The van der Waals surface area contributed by atoms with E-state index in [-0.39, 0.29) is 17.1 Å². The first kappa shape index (κ1) is 15.4. The molecular formula is C6H9FeNO6.